The third-order valence-corrected chi connectivity index (χ3v) is 2.70. The Balaban J connectivity index is 2.98. The number of benzene rings is 1. The average molecular weight is 227 g/mol. The summed E-state index contributed by atoms with van der Waals surface area (Å²) in [7, 11) is -1.52. The standard InChI is InChI=1S/C10H13NO3S/c1-11-10(12)9-5-3-4-8(6-9)7-15(2,13)14/h3-6H,7H2,1-2H3,(H,11,12). The Morgan fingerprint density at radius 1 is 1.40 bits per heavy atom. The number of sulfone groups is 1. The quantitative estimate of drug-likeness (QED) is 0.822. The molecule has 0 atom stereocenters. The number of hydrogen-bond acceptors (Lipinski definition) is 3. The molecule has 1 aromatic carbocycles. The summed E-state index contributed by atoms with van der Waals surface area (Å²) in [5.41, 5.74) is 1.09. The van der Waals surface area contributed by atoms with Gasteiger partial charge in [-0.25, -0.2) is 8.42 Å². The van der Waals surface area contributed by atoms with Gasteiger partial charge in [0.15, 0.2) is 9.84 Å². The van der Waals surface area contributed by atoms with Crippen LogP contribution in [-0.2, 0) is 15.6 Å². The van der Waals surface area contributed by atoms with E-state index in [0.717, 1.165) is 0 Å². The lowest BCUT2D eigenvalue weighted by Gasteiger charge is -2.03. The van der Waals surface area contributed by atoms with Gasteiger partial charge in [-0.1, -0.05) is 12.1 Å². The molecule has 1 amide bonds. The average Bonchev–Trinajstić information content (AvgIpc) is 2.14. The molecule has 1 rings (SSSR count). The van der Waals surface area contributed by atoms with Crippen molar-refractivity contribution in [3.05, 3.63) is 35.4 Å². The first-order chi connectivity index (χ1) is 6.92. The summed E-state index contributed by atoms with van der Waals surface area (Å²) in [4.78, 5) is 11.3. The summed E-state index contributed by atoms with van der Waals surface area (Å²) in [5, 5.41) is 2.48. The van der Waals surface area contributed by atoms with Crippen LogP contribution >= 0.6 is 0 Å². The van der Waals surface area contributed by atoms with Crippen molar-refractivity contribution in [2.45, 2.75) is 5.75 Å². The summed E-state index contributed by atoms with van der Waals surface area (Å²) < 4.78 is 22.1. The molecule has 0 saturated heterocycles. The molecule has 0 saturated carbocycles. The van der Waals surface area contributed by atoms with Crippen LogP contribution in [-0.4, -0.2) is 27.6 Å². The second-order valence-corrected chi connectivity index (χ2v) is 5.49. The van der Waals surface area contributed by atoms with Gasteiger partial charge in [0.25, 0.3) is 5.91 Å². The smallest absolute Gasteiger partial charge is 0.251 e. The molecule has 0 radical (unpaired) electrons. The lowest BCUT2D eigenvalue weighted by Crippen LogP contribution is -2.18. The maximum atomic E-state index is 11.3. The Kier molecular flexibility index (Phi) is 3.47. The molecule has 0 aliphatic carbocycles. The van der Waals surface area contributed by atoms with Crippen molar-refractivity contribution in [3.63, 3.8) is 0 Å². The highest BCUT2D eigenvalue weighted by Gasteiger charge is 2.07. The van der Waals surface area contributed by atoms with Crippen LogP contribution in [0.5, 0.6) is 0 Å². The van der Waals surface area contributed by atoms with E-state index in [1.54, 1.807) is 24.3 Å². The van der Waals surface area contributed by atoms with Gasteiger partial charge in [0, 0.05) is 18.9 Å². The zero-order chi connectivity index (χ0) is 11.5. The van der Waals surface area contributed by atoms with Gasteiger partial charge in [-0.05, 0) is 17.7 Å². The fourth-order valence-electron chi connectivity index (χ4n) is 1.25. The fourth-order valence-corrected chi connectivity index (χ4v) is 2.03. The van der Waals surface area contributed by atoms with Crippen LogP contribution in [0.15, 0.2) is 24.3 Å². The van der Waals surface area contributed by atoms with E-state index >= 15 is 0 Å². The zero-order valence-electron chi connectivity index (χ0n) is 8.65. The molecule has 0 fully saturated rings. The highest BCUT2D eigenvalue weighted by Crippen LogP contribution is 2.08. The molecule has 0 aliphatic heterocycles. The lowest BCUT2D eigenvalue weighted by molar-refractivity contribution is 0.0963. The first-order valence-corrected chi connectivity index (χ1v) is 6.47. The molecular formula is C10H13NO3S. The molecule has 0 bridgehead atoms. The Morgan fingerprint density at radius 2 is 2.07 bits per heavy atom. The maximum absolute atomic E-state index is 11.3. The van der Waals surface area contributed by atoms with Crippen LogP contribution in [0.25, 0.3) is 0 Å². The van der Waals surface area contributed by atoms with Crippen LogP contribution in [0.4, 0.5) is 0 Å². The monoisotopic (exact) mass is 227 g/mol. The summed E-state index contributed by atoms with van der Waals surface area (Å²) in [6.07, 6.45) is 1.17. The van der Waals surface area contributed by atoms with Gasteiger partial charge in [0.1, 0.15) is 0 Å². The van der Waals surface area contributed by atoms with Gasteiger partial charge in [-0.15, -0.1) is 0 Å². The lowest BCUT2D eigenvalue weighted by atomic mass is 10.1. The summed E-state index contributed by atoms with van der Waals surface area (Å²) in [6.45, 7) is 0. The van der Waals surface area contributed by atoms with Crippen LogP contribution in [0.3, 0.4) is 0 Å². The predicted octanol–water partition coefficient (Wildman–Crippen LogP) is 0.591. The summed E-state index contributed by atoms with van der Waals surface area (Å²) >= 11 is 0. The van der Waals surface area contributed by atoms with E-state index in [2.05, 4.69) is 5.32 Å². The Hall–Kier alpha value is -1.36. The second kappa shape index (κ2) is 4.44. The number of nitrogens with one attached hydrogen (secondary N) is 1. The van der Waals surface area contributed by atoms with Gasteiger partial charge in [0.05, 0.1) is 5.75 Å². The number of amides is 1. The van der Waals surface area contributed by atoms with Gasteiger partial charge >= 0.3 is 0 Å². The number of hydrogen-bond donors (Lipinski definition) is 1. The van der Waals surface area contributed by atoms with Crippen LogP contribution < -0.4 is 5.32 Å². The van der Waals surface area contributed by atoms with Crippen molar-refractivity contribution < 1.29 is 13.2 Å². The molecule has 0 unspecified atom stereocenters. The van der Waals surface area contributed by atoms with Crippen molar-refractivity contribution in [3.8, 4) is 0 Å². The van der Waals surface area contributed by atoms with E-state index in [1.165, 1.54) is 13.3 Å². The van der Waals surface area contributed by atoms with Crippen LogP contribution in [0, 0.1) is 0 Å². The van der Waals surface area contributed by atoms with Crippen LogP contribution in [0.1, 0.15) is 15.9 Å². The molecule has 0 spiro atoms. The highest BCUT2D eigenvalue weighted by molar-refractivity contribution is 7.89. The third-order valence-electron chi connectivity index (χ3n) is 1.85. The van der Waals surface area contributed by atoms with E-state index in [1.807, 2.05) is 0 Å². The minimum Gasteiger partial charge on any atom is -0.355 e. The molecule has 82 valence electrons. The minimum absolute atomic E-state index is 0.0438. The van der Waals surface area contributed by atoms with Crippen molar-refractivity contribution in [2.24, 2.45) is 0 Å². The van der Waals surface area contributed by atoms with Crippen LogP contribution in [0.2, 0.25) is 0 Å². The van der Waals surface area contributed by atoms with Gasteiger partial charge in [0.2, 0.25) is 0 Å². The van der Waals surface area contributed by atoms with Gasteiger partial charge in [-0.3, -0.25) is 4.79 Å². The largest absolute Gasteiger partial charge is 0.355 e. The Labute approximate surface area is 89.2 Å². The minimum atomic E-state index is -3.06. The molecule has 15 heavy (non-hydrogen) atoms. The number of carbonyl (C=O) groups excluding carboxylic acids is 1. The summed E-state index contributed by atoms with van der Waals surface area (Å²) in [6, 6.07) is 6.59. The van der Waals surface area contributed by atoms with E-state index in [4.69, 9.17) is 0 Å². The maximum Gasteiger partial charge on any atom is 0.251 e. The third kappa shape index (κ3) is 3.71. The normalized spacial score (nSPS) is 11.1. The number of rotatable bonds is 3. The van der Waals surface area contributed by atoms with E-state index in [-0.39, 0.29) is 11.7 Å². The molecule has 0 aliphatic rings. The predicted molar refractivity (Wildman–Crippen MR) is 58.4 cm³/mol. The molecular weight excluding hydrogens is 214 g/mol. The zero-order valence-corrected chi connectivity index (χ0v) is 9.47. The van der Waals surface area contributed by atoms with Gasteiger partial charge < -0.3 is 5.32 Å². The number of carbonyl (C=O) groups is 1. The first kappa shape index (κ1) is 11.7. The highest BCUT2D eigenvalue weighted by atomic mass is 32.2. The fraction of sp³-hybridized carbons (Fsp3) is 0.300. The molecule has 0 heterocycles. The Bertz CT molecular complexity index is 465. The molecule has 1 N–H and O–H groups in total. The van der Waals surface area contributed by atoms with E-state index < -0.39 is 9.84 Å². The SMILES string of the molecule is CNC(=O)c1cccc(CS(C)(=O)=O)c1. The molecule has 5 heteroatoms. The topological polar surface area (TPSA) is 63.2 Å². The van der Waals surface area contributed by atoms with Crippen molar-refractivity contribution >= 4 is 15.7 Å². The van der Waals surface area contributed by atoms with Crippen molar-refractivity contribution in [1.82, 2.24) is 5.32 Å². The van der Waals surface area contributed by atoms with Crippen molar-refractivity contribution in [1.29, 1.82) is 0 Å². The van der Waals surface area contributed by atoms with Gasteiger partial charge in [-0.2, -0.15) is 0 Å². The molecule has 1 aromatic rings. The summed E-state index contributed by atoms with van der Waals surface area (Å²) in [5.74, 6) is -0.261. The Morgan fingerprint density at radius 3 is 2.60 bits per heavy atom. The molecule has 4 nitrogen and oxygen atoms in total. The first-order valence-electron chi connectivity index (χ1n) is 4.41. The second-order valence-electron chi connectivity index (χ2n) is 3.35. The van der Waals surface area contributed by atoms with E-state index in [0.29, 0.717) is 11.1 Å². The van der Waals surface area contributed by atoms with E-state index in [9.17, 15) is 13.2 Å². The van der Waals surface area contributed by atoms with Crippen molar-refractivity contribution in [2.75, 3.05) is 13.3 Å². The molecule has 0 aromatic heterocycles.